The lowest BCUT2D eigenvalue weighted by Gasteiger charge is -2.32. The lowest BCUT2D eigenvalue weighted by atomic mass is 10.1. The lowest BCUT2D eigenvalue weighted by Crippen LogP contribution is -2.30. The Kier molecular flexibility index (Phi) is 6.52. The number of hydrogen-bond donors (Lipinski definition) is 1. The summed E-state index contributed by atoms with van der Waals surface area (Å²) < 4.78 is 11.2. The largest absolute Gasteiger partial charge is 0.497 e. The van der Waals surface area contributed by atoms with Crippen molar-refractivity contribution < 1.29 is 14.3 Å². The highest BCUT2D eigenvalue weighted by Gasteiger charge is 2.23. The van der Waals surface area contributed by atoms with Gasteiger partial charge in [0, 0.05) is 23.1 Å². The Bertz CT molecular complexity index is 1170. The molecule has 4 rings (SSSR count). The number of rotatable bonds is 6. The van der Waals surface area contributed by atoms with Crippen LogP contribution in [0.4, 0.5) is 11.4 Å². The number of benzene rings is 3. The zero-order valence-corrected chi connectivity index (χ0v) is 18.7. The SMILES string of the molecule is COc1ccc(C#N)c(N2CCOc3cc(C(=O)NCc4ccc(SC)cc4)ccc32)c1. The topological polar surface area (TPSA) is 74.6 Å². The van der Waals surface area contributed by atoms with Crippen molar-refractivity contribution in [1.82, 2.24) is 5.32 Å². The lowest BCUT2D eigenvalue weighted by molar-refractivity contribution is 0.0950. The number of anilines is 2. The van der Waals surface area contributed by atoms with E-state index in [1.165, 1.54) is 4.90 Å². The fourth-order valence-corrected chi connectivity index (χ4v) is 4.00. The Morgan fingerprint density at radius 1 is 1.16 bits per heavy atom. The van der Waals surface area contributed by atoms with E-state index in [9.17, 15) is 10.1 Å². The van der Waals surface area contributed by atoms with Gasteiger partial charge in [-0.05, 0) is 54.3 Å². The van der Waals surface area contributed by atoms with Gasteiger partial charge >= 0.3 is 0 Å². The highest BCUT2D eigenvalue weighted by atomic mass is 32.2. The van der Waals surface area contributed by atoms with Crippen molar-refractivity contribution in [3.63, 3.8) is 0 Å². The van der Waals surface area contributed by atoms with E-state index in [1.807, 2.05) is 47.6 Å². The van der Waals surface area contributed by atoms with E-state index in [1.54, 1.807) is 43.1 Å². The molecule has 3 aromatic rings. The molecule has 1 aliphatic rings. The smallest absolute Gasteiger partial charge is 0.251 e. The predicted molar refractivity (Wildman–Crippen MR) is 126 cm³/mol. The van der Waals surface area contributed by atoms with Gasteiger partial charge in [0.2, 0.25) is 0 Å². The van der Waals surface area contributed by atoms with Crippen LogP contribution in [0.25, 0.3) is 0 Å². The molecule has 7 heteroatoms. The summed E-state index contributed by atoms with van der Waals surface area (Å²) in [5.74, 6) is 1.12. The van der Waals surface area contributed by atoms with Gasteiger partial charge in [0.05, 0.1) is 30.6 Å². The second kappa shape index (κ2) is 9.67. The van der Waals surface area contributed by atoms with Gasteiger partial charge in [-0.25, -0.2) is 0 Å². The fourth-order valence-electron chi connectivity index (χ4n) is 3.60. The predicted octanol–water partition coefficient (Wildman–Crippen LogP) is 4.75. The molecule has 0 radical (unpaired) electrons. The molecule has 32 heavy (non-hydrogen) atoms. The number of fused-ring (bicyclic) bond motifs is 1. The van der Waals surface area contributed by atoms with E-state index in [2.05, 4.69) is 11.4 Å². The number of carbonyl (C=O) groups is 1. The normalized spacial score (nSPS) is 12.3. The Balaban J connectivity index is 1.54. The molecule has 0 aliphatic carbocycles. The van der Waals surface area contributed by atoms with Crippen LogP contribution < -0.4 is 19.7 Å². The first-order valence-electron chi connectivity index (χ1n) is 10.2. The van der Waals surface area contributed by atoms with Crippen LogP contribution in [0.3, 0.4) is 0 Å². The van der Waals surface area contributed by atoms with E-state index < -0.39 is 0 Å². The van der Waals surface area contributed by atoms with Crippen molar-refractivity contribution >= 4 is 29.0 Å². The minimum absolute atomic E-state index is 0.165. The van der Waals surface area contributed by atoms with Gasteiger partial charge in [-0.2, -0.15) is 5.26 Å². The Labute approximate surface area is 191 Å². The second-order valence-electron chi connectivity index (χ2n) is 7.21. The molecule has 3 aromatic carbocycles. The number of nitriles is 1. The first-order chi connectivity index (χ1) is 15.6. The number of methoxy groups -OCH3 is 1. The Morgan fingerprint density at radius 2 is 1.97 bits per heavy atom. The maximum absolute atomic E-state index is 12.7. The zero-order valence-electron chi connectivity index (χ0n) is 17.9. The molecular weight excluding hydrogens is 422 g/mol. The summed E-state index contributed by atoms with van der Waals surface area (Å²) in [6, 6.07) is 21.1. The van der Waals surface area contributed by atoms with Crippen molar-refractivity contribution in [1.29, 1.82) is 5.26 Å². The summed E-state index contributed by atoms with van der Waals surface area (Å²) in [6.45, 7) is 1.49. The molecule has 0 bridgehead atoms. The van der Waals surface area contributed by atoms with Crippen molar-refractivity contribution in [2.75, 3.05) is 31.4 Å². The molecule has 1 heterocycles. The average Bonchev–Trinajstić information content (AvgIpc) is 2.86. The first kappa shape index (κ1) is 21.6. The summed E-state index contributed by atoms with van der Waals surface area (Å²) in [4.78, 5) is 15.9. The number of hydrogen-bond acceptors (Lipinski definition) is 6. The Hall–Kier alpha value is -3.63. The Morgan fingerprint density at radius 3 is 2.69 bits per heavy atom. The number of carbonyl (C=O) groups excluding carboxylic acids is 1. The third-order valence-corrected chi connectivity index (χ3v) is 6.06. The molecule has 0 aromatic heterocycles. The molecule has 0 unspecified atom stereocenters. The quantitative estimate of drug-likeness (QED) is 0.552. The molecule has 0 spiro atoms. The third-order valence-electron chi connectivity index (χ3n) is 5.31. The highest BCUT2D eigenvalue weighted by molar-refractivity contribution is 7.98. The highest BCUT2D eigenvalue weighted by Crippen LogP contribution is 2.39. The average molecular weight is 446 g/mol. The van der Waals surface area contributed by atoms with Gasteiger partial charge in [-0.1, -0.05) is 12.1 Å². The van der Waals surface area contributed by atoms with Gasteiger partial charge in [0.1, 0.15) is 24.2 Å². The molecular formula is C25H23N3O3S. The number of nitrogens with zero attached hydrogens (tertiary/aromatic N) is 2. The zero-order chi connectivity index (χ0) is 22.5. The summed E-state index contributed by atoms with van der Waals surface area (Å²) in [7, 11) is 1.60. The summed E-state index contributed by atoms with van der Waals surface area (Å²) in [5.41, 5.74) is 3.68. The van der Waals surface area contributed by atoms with Crippen molar-refractivity contribution in [2.45, 2.75) is 11.4 Å². The molecule has 1 N–H and O–H groups in total. The molecule has 0 fully saturated rings. The second-order valence-corrected chi connectivity index (χ2v) is 8.09. The van der Waals surface area contributed by atoms with Gasteiger partial charge in [0.15, 0.2) is 0 Å². The van der Waals surface area contributed by atoms with Gasteiger partial charge in [-0.3, -0.25) is 4.79 Å². The van der Waals surface area contributed by atoms with Gasteiger partial charge in [0.25, 0.3) is 5.91 Å². The van der Waals surface area contributed by atoms with Crippen molar-refractivity contribution in [3.8, 4) is 17.6 Å². The van der Waals surface area contributed by atoms with Gasteiger partial charge < -0.3 is 19.7 Å². The summed E-state index contributed by atoms with van der Waals surface area (Å²) in [5, 5.41) is 12.5. The maximum Gasteiger partial charge on any atom is 0.251 e. The monoisotopic (exact) mass is 445 g/mol. The van der Waals surface area contributed by atoms with Crippen LogP contribution in [0.1, 0.15) is 21.5 Å². The van der Waals surface area contributed by atoms with Crippen LogP contribution in [-0.4, -0.2) is 32.4 Å². The molecule has 0 atom stereocenters. The molecule has 0 saturated heterocycles. The molecule has 1 amide bonds. The molecule has 6 nitrogen and oxygen atoms in total. The summed E-state index contributed by atoms with van der Waals surface area (Å²) >= 11 is 1.68. The van der Waals surface area contributed by atoms with Crippen LogP contribution >= 0.6 is 11.8 Å². The van der Waals surface area contributed by atoms with Crippen LogP contribution in [0.15, 0.2) is 65.6 Å². The van der Waals surface area contributed by atoms with Crippen molar-refractivity contribution in [3.05, 3.63) is 77.4 Å². The maximum atomic E-state index is 12.7. The first-order valence-corrected chi connectivity index (χ1v) is 11.4. The van der Waals surface area contributed by atoms with Crippen LogP contribution in [0.2, 0.25) is 0 Å². The molecule has 162 valence electrons. The van der Waals surface area contributed by atoms with Crippen molar-refractivity contribution in [2.24, 2.45) is 0 Å². The molecule has 0 saturated carbocycles. The number of ether oxygens (including phenoxy) is 2. The summed E-state index contributed by atoms with van der Waals surface area (Å²) in [6.07, 6.45) is 2.03. The van der Waals surface area contributed by atoms with E-state index in [0.717, 1.165) is 16.9 Å². The minimum Gasteiger partial charge on any atom is -0.497 e. The van der Waals surface area contributed by atoms with Crippen LogP contribution in [0, 0.1) is 11.3 Å². The number of amides is 1. The van der Waals surface area contributed by atoms with Gasteiger partial charge in [-0.15, -0.1) is 11.8 Å². The number of thioether (sulfide) groups is 1. The molecule has 1 aliphatic heterocycles. The van der Waals surface area contributed by atoms with E-state index in [4.69, 9.17) is 9.47 Å². The fraction of sp³-hybridized carbons (Fsp3) is 0.200. The van der Waals surface area contributed by atoms with Crippen LogP contribution in [0.5, 0.6) is 11.5 Å². The van der Waals surface area contributed by atoms with E-state index in [0.29, 0.717) is 42.3 Å². The minimum atomic E-state index is -0.165. The standard InChI is InChI=1S/C25H23N3O3S/c1-30-20-7-5-19(15-26)23(14-20)28-11-12-31-24-13-18(6-10-22(24)28)25(29)27-16-17-3-8-21(32-2)9-4-17/h3-10,13-14H,11-12,16H2,1-2H3,(H,27,29). The van der Waals surface area contributed by atoms with E-state index >= 15 is 0 Å². The van der Waals surface area contributed by atoms with E-state index in [-0.39, 0.29) is 5.91 Å². The van der Waals surface area contributed by atoms with Crippen LogP contribution in [-0.2, 0) is 6.54 Å². The number of nitrogens with one attached hydrogen (secondary N) is 1. The third kappa shape index (κ3) is 4.51.